The quantitative estimate of drug-likeness (QED) is 0.905. The van der Waals surface area contributed by atoms with Crippen molar-refractivity contribution in [2.24, 2.45) is 13.0 Å². The van der Waals surface area contributed by atoms with Crippen molar-refractivity contribution in [2.75, 3.05) is 0 Å². The smallest absolute Gasteiger partial charge is 0.112 e. The molecule has 3 rings (SSSR count). The standard InChI is InChI=1S/C17H24N2O/c1-19-16-9-5-4-8-15(16)18-17(19)12-14(20)11-10-13-6-2-3-7-13/h4-5,8-9,13-14,20H,2-3,6-7,10-12H2,1H3. The third kappa shape index (κ3) is 2.88. The van der Waals surface area contributed by atoms with Crippen LogP contribution in [-0.4, -0.2) is 20.8 Å². The molecule has 1 fully saturated rings. The van der Waals surface area contributed by atoms with Gasteiger partial charge in [-0.25, -0.2) is 4.98 Å². The molecule has 1 aromatic heterocycles. The van der Waals surface area contributed by atoms with E-state index in [9.17, 15) is 5.11 Å². The number of hydrogen-bond donors (Lipinski definition) is 1. The number of hydrogen-bond acceptors (Lipinski definition) is 2. The molecule has 1 unspecified atom stereocenters. The van der Waals surface area contributed by atoms with Gasteiger partial charge in [-0.3, -0.25) is 0 Å². The number of para-hydroxylation sites is 2. The third-order valence-corrected chi connectivity index (χ3v) is 4.68. The Hall–Kier alpha value is -1.35. The van der Waals surface area contributed by atoms with Crippen molar-refractivity contribution in [1.82, 2.24) is 9.55 Å². The number of aryl methyl sites for hydroxylation is 1. The fraction of sp³-hybridized carbons (Fsp3) is 0.588. The number of aliphatic hydroxyl groups excluding tert-OH is 1. The second-order valence-electron chi connectivity index (χ2n) is 6.16. The monoisotopic (exact) mass is 272 g/mol. The average Bonchev–Trinajstić information content (AvgIpc) is 3.07. The van der Waals surface area contributed by atoms with E-state index in [0.717, 1.165) is 29.2 Å². The van der Waals surface area contributed by atoms with Gasteiger partial charge >= 0.3 is 0 Å². The van der Waals surface area contributed by atoms with Crippen LogP contribution in [0.1, 0.15) is 44.3 Å². The lowest BCUT2D eigenvalue weighted by Gasteiger charge is -2.13. The molecule has 1 N–H and O–H groups in total. The molecule has 2 aromatic rings. The van der Waals surface area contributed by atoms with E-state index in [4.69, 9.17) is 0 Å². The molecular formula is C17H24N2O. The predicted molar refractivity (Wildman–Crippen MR) is 81.6 cm³/mol. The summed E-state index contributed by atoms with van der Waals surface area (Å²) in [4.78, 5) is 4.63. The van der Waals surface area contributed by atoms with Crippen molar-refractivity contribution in [1.29, 1.82) is 0 Å². The van der Waals surface area contributed by atoms with Crippen molar-refractivity contribution < 1.29 is 5.11 Å². The molecule has 0 radical (unpaired) electrons. The van der Waals surface area contributed by atoms with Crippen molar-refractivity contribution in [3.63, 3.8) is 0 Å². The van der Waals surface area contributed by atoms with Gasteiger partial charge < -0.3 is 9.67 Å². The normalized spacial score (nSPS) is 17.9. The summed E-state index contributed by atoms with van der Waals surface area (Å²) in [7, 11) is 2.04. The molecule has 1 heterocycles. The van der Waals surface area contributed by atoms with E-state index in [0.29, 0.717) is 6.42 Å². The number of fused-ring (bicyclic) bond motifs is 1. The molecule has 20 heavy (non-hydrogen) atoms. The van der Waals surface area contributed by atoms with Crippen molar-refractivity contribution >= 4 is 11.0 Å². The summed E-state index contributed by atoms with van der Waals surface area (Å²) < 4.78 is 2.11. The van der Waals surface area contributed by atoms with Gasteiger partial charge in [0.1, 0.15) is 5.82 Å². The highest BCUT2D eigenvalue weighted by molar-refractivity contribution is 5.75. The van der Waals surface area contributed by atoms with Gasteiger partial charge in [0.05, 0.1) is 17.1 Å². The third-order valence-electron chi connectivity index (χ3n) is 4.68. The van der Waals surface area contributed by atoms with Crippen molar-refractivity contribution in [3.8, 4) is 0 Å². The van der Waals surface area contributed by atoms with Gasteiger partial charge in [0, 0.05) is 13.5 Å². The van der Waals surface area contributed by atoms with E-state index in [1.54, 1.807) is 0 Å². The van der Waals surface area contributed by atoms with Crippen LogP contribution in [-0.2, 0) is 13.5 Å². The average molecular weight is 272 g/mol. The maximum absolute atomic E-state index is 10.3. The molecule has 1 saturated carbocycles. The number of aliphatic hydroxyl groups is 1. The number of aromatic nitrogens is 2. The lowest BCUT2D eigenvalue weighted by atomic mass is 9.98. The first kappa shape index (κ1) is 13.6. The van der Waals surface area contributed by atoms with Crippen molar-refractivity contribution in [3.05, 3.63) is 30.1 Å². The molecule has 0 amide bonds. The Kier molecular flexibility index (Phi) is 4.06. The lowest BCUT2D eigenvalue weighted by Crippen LogP contribution is -2.15. The summed E-state index contributed by atoms with van der Waals surface area (Å²) in [5, 5.41) is 10.3. The Morgan fingerprint density at radius 1 is 1.30 bits per heavy atom. The summed E-state index contributed by atoms with van der Waals surface area (Å²) in [6.07, 6.45) is 7.97. The van der Waals surface area contributed by atoms with E-state index in [2.05, 4.69) is 15.6 Å². The molecule has 3 heteroatoms. The second kappa shape index (κ2) is 5.96. The molecular weight excluding hydrogens is 248 g/mol. The Morgan fingerprint density at radius 2 is 2.05 bits per heavy atom. The SMILES string of the molecule is Cn1c(CC(O)CCC2CCCC2)nc2ccccc21. The zero-order valence-corrected chi connectivity index (χ0v) is 12.3. The van der Waals surface area contributed by atoms with Crippen LogP contribution in [0.25, 0.3) is 11.0 Å². The summed E-state index contributed by atoms with van der Waals surface area (Å²) in [6, 6.07) is 8.15. The summed E-state index contributed by atoms with van der Waals surface area (Å²) in [5.74, 6) is 1.84. The molecule has 108 valence electrons. The molecule has 1 atom stereocenters. The zero-order valence-electron chi connectivity index (χ0n) is 12.3. The number of benzene rings is 1. The maximum Gasteiger partial charge on any atom is 0.112 e. The Labute approximate surface area is 120 Å². The van der Waals surface area contributed by atoms with E-state index < -0.39 is 0 Å². The molecule has 0 aliphatic heterocycles. The first-order valence-corrected chi connectivity index (χ1v) is 7.82. The summed E-state index contributed by atoms with van der Waals surface area (Å²) >= 11 is 0. The van der Waals surface area contributed by atoms with E-state index in [-0.39, 0.29) is 6.10 Å². The highest BCUT2D eigenvalue weighted by Gasteiger charge is 2.18. The largest absolute Gasteiger partial charge is 0.393 e. The number of nitrogens with zero attached hydrogens (tertiary/aromatic N) is 2. The molecule has 1 aliphatic carbocycles. The second-order valence-corrected chi connectivity index (χ2v) is 6.16. The van der Waals surface area contributed by atoms with Crippen molar-refractivity contribution in [2.45, 2.75) is 51.0 Å². The predicted octanol–water partition coefficient (Wildman–Crippen LogP) is 3.45. The maximum atomic E-state index is 10.3. The fourth-order valence-electron chi connectivity index (χ4n) is 3.42. The summed E-state index contributed by atoms with van der Waals surface area (Å²) in [5.41, 5.74) is 2.17. The molecule has 0 spiro atoms. The van der Waals surface area contributed by atoms with Crippen LogP contribution in [0.2, 0.25) is 0 Å². The summed E-state index contributed by atoms with van der Waals surface area (Å²) in [6.45, 7) is 0. The van der Waals surface area contributed by atoms with Gasteiger partial charge in [-0.2, -0.15) is 0 Å². The molecule has 1 aliphatic rings. The number of imidazole rings is 1. The highest BCUT2D eigenvalue weighted by atomic mass is 16.3. The minimum absolute atomic E-state index is 0.258. The van der Waals surface area contributed by atoms with E-state index in [1.165, 1.54) is 32.1 Å². The zero-order chi connectivity index (χ0) is 13.9. The topological polar surface area (TPSA) is 38.0 Å². The first-order chi connectivity index (χ1) is 9.74. The van der Waals surface area contributed by atoms with Gasteiger partial charge in [0.25, 0.3) is 0 Å². The van der Waals surface area contributed by atoms with Gasteiger partial charge in [-0.15, -0.1) is 0 Å². The van der Waals surface area contributed by atoms with Crippen LogP contribution in [0.15, 0.2) is 24.3 Å². The number of rotatable bonds is 5. The van der Waals surface area contributed by atoms with Gasteiger partial charge in [-0.05, 0) is 30.9 Å². The van der Waals surface area contributed by atoms with Crippen LogP contribution < -0.4 is 0 Å². The van der Waals surface area contributed by atoms with Crippen LogP contribution >= 0.6 is 0 Å². The Balaban J connectivity index is 1.61. The lowest BCUT2D eigenvalue weighted by molar-refractivity contribution is 0.152. The van der Waals surface area contributed by atoms with Crippen LogP contribution in [0.3, 0.4) is 0 Å². The van der Waals surface area contributed by atoms with Gasteiger partial charge in [0.2, 0.25) is 0 Å². The van der Waals surface area contributed by atoms with Gasteiger partial charge in [0.15, 0.2) is 0 Å². The molecule has 1 aromatic carbocycles. The van der Waals surface area contributed by atoms with E-state index >= 15 is 0 Å². The van der Waals surface area contributed by atoms with Gasteiger partial charge in [-0.1, -0.05) is 37.8 Å². The highest BCUT2D eigenvalue weighted by Crippen LogP contribution is 2.29. The van der Waals surface area contributed by atoms with E-state index in [1.807, 2.05) is 25.2 Å². The van der Waals surface area contributed by atoms with Crippen LogP contribution in [0, 0.1) is 5.92 Å². The van der Waals surface area contributed by atoms with Crippen LogP contribution in [0.5, 0.6) is 0 Å². The first-order valence-electron chi connectivity index (χ1n) is 7.82. The fourth-order valence-corrected chi connectivity index (χ4v) is 3.42. The molecule has 3 nitrogen and oxygen atoms in total. The Morgan fingerprint density at radius 3 is 2.80 bits per heavy atom. The minimum Gasteiger partial charge on any atom is -0.393 e. The molecule has 0 bridgehead atoms. The Bertz CT molecular complexity index is 569. The minimum atomic E-state index is -0.258. The van der Waals surface area contributed by atoms with Crippen LogP contribution in [0.4, 0.5) is 0 Å². The molecule has 0 saturated heterocycles.